The number of halogens is 4. The second-order valence-corrected chi connectivity index (χ2v) is 5.95. The highest BCUT2D eigenvalue weighted by atomic mass is 19.5. The highest BCUT2D eigenvalue weighted by Crippen LogP contribution is 2.24. The monoisotopic (exact) mass is 327 g/mol. The van der Waals surface area contributed by atoms with E-state index < -0.39 is 7.25 Å². The highest BCUT2D eigenvalue weighted by molar-refractivity contribution is 6.50. The molecule has 0 aliphatic rings. The van der Waals surface area contributed by atoms with Crippen molar-refractivity contribution < 1.29 is 22.2 Å². The molecule has 0 amide bonds. The molecule has 1 N–H and O–H groups in total. The van der Waals surface area contributed by atoms with Gasteiger partial charge in [0.1, 0.15) is 0 Å². The highest BCUT2D eigenvalue weighted by Gasteiger charge is 2.20. The summed E-state index contributed by atoms with van der Waals surface area (Å²) in [5.74, 6) is 1.04. The van der Waals surface area contributed by atoms with Crippen LogP contribution >= 0.6 is 0 Å². The van der Waals surface area contributed by atoms with Gasteiger partial charge in [0.15, 0.2) is 11.4 Å². The van der Waals surface area contributed by atoms with Crippen LogP contribution in [0.3, 0.4) is 0 Å². The summed E-state index contributed by atoms with van der Waals surface area (Å²) in [6, 6.07) is 15.1. The first kappa shape index (κ1) is 19.2. The van der Waals surface area contributed by atoms with Gasteiger partial charge in [0.05, 0.1) is 0 Å². The standard InChI is InChI=1S/C17H21N.BF4/c1-12(2)16-10-15(11-17(18-16)13(3)4)14-8-6-5-7-9-14;2-1(3,4)5/h5-13H,1-4H3;/q;-1/p+1. The van der Waals surface area contributed by atoms with Gasteiger partial charge in [-0.1, -0.05) is 58.0 Å². The number of hydrogen-bond donors (Lipinski definition) is 0. The first-order valence-corrected chi connectivity index (χ1v) is 7.58. The molecule has 1 nitrogen and oxygen atoms in total. The van der Waals surface area contributed by atoms with E-state index in [0.717, 1.165) is 0 Å². The molecule has 1 aromatic carbocycles. The van der Waals surface area contributed by atoms with E-state index in [1.54, 1.807) is 0 Å². The molecule has 0 saturated heterocycles. The maximum atomic E-state index is 9.75. The summed E-state index contributed by atoms with van der Waals surface area (Å²) >= 11 is 0. The SMILES string of the molecule is CC(C)c1cc(-c2ccccc2)cc(C(C)C)[nH+]1.F[B-](F)(F)F. The Kier molecular flexibility index (Phi) is 6.79. The molecule has 0 fully saturated rings. The van der Waals surface area contributed by atoms with E-state index in [1.807, 2.05) is 0 Å². The third-order valence-electron chi connectivity index (χ3n) is 3.26. The molecule has 0 saturated carbocycles. The van der Waals surface area contributed by atoms with Crippen LogP contribution in [0.4, 0.5) is 17.3 Å². The molecule has 2 rings (SSSR count). The van der Waals surface area contributed by atoms with Gasteiger partial charge in [-0.25, -0.2) is 4.98 Å². The Morgan fingerprint density at radius 2 is 1.13 bits per heavy atom. The van der Waals surface area contributed by atoms with Crippen molar-refractivity contribution in [3.05, 3.63) is 53.9 Å². The lowest BCUT2D eigenvalue weighted by Crippen LogP contribution is -2.19. The van der Waals surface area contributed by atoms with Crippen LogP contribution in [0.1, 0.15) is 50.9 Å². The minimum atomic E-state index is -6.00. The number of pyridine rings is 1. The van der Waals surface area contributed by atoms with Gasteiger partial charge in [0, 0.05) is 24.0 Å². The number of aromatic amines is 1. The second-order valence-electron chi connectivity index (χ2n) is 5.95. The average molecular weight is 327 g/mol. The maximum Gasteiger partial charge on any atom is 0.673 e. The first-order valence-electron chi connectivity index (χ1n) is 7.58. The molecule has 2 aromatic rings. The van der Waals surface area contributed by atoms with Crippen molar-refractivity contribution in [2.45, 2.75) is 39.5 Å². The van der Waals surface area contributed by atoms with E-state index in [1.165, 1.54) is 22.5 Å². The van der Waals surface area contributed by atoms with Gasteiger partial charge in [-0.15, -0.1) is 0 Å². The lowest BCUT2D eigenvalue weighted by molar-refractivity contribution is -0.405. The van der Waals surface area contributed by atoms with Crippen molar-refractivity contribution >= 4 is 7.25 Å². The van der Waals surface area contributed by atoms with Gasteiger partial charge in [-0.2, -0.15) is 0 Å². The van der Waals surface area contributed by atoms with E-state index in [-0.39, 0.29) is 0 Å². The van der Waals surface area contributed by atoms with Gasteiger partial charge in [-0.05, 0) is 11.1 Å². The van der Waals surface area contributed by atoms with Crippen LogP contribution in [-0.4, -0.2) is 7.25 Å². The predicted molar refractivity (Wildman–Crippen MR) is 86.8 cm³/mol. The van der Waals surface area contributed by atoms with Crippen LogP contribution in [0.25, 0.3) is 11.1 Å². The minimum absolute atomic E-state index is 0.520. The van der Waals surface area contributed by atoms with Crippen molar-refractivity contribution in [1.29, 1.82) is 0 Å². The van der Waals surface area contributed by atoms with Crippen LogP contribution in [0, 0.1) is 0 Å². The van der Waals surface area contributed by atoms with Crippen molar-refractivity contribution in [2.75, 3.05) is 0 Å². The van der Waals surface area contributed by atoms with Gasteiger partial charge >= 0.3 is 7.25 Å². The zero-order chi connectivity index (χ0) is 17.6. The van der Waals surface area contributed by atoms with E-state index in [2.05, 4.69) is 75.1 Å². The second kappa shape index (κ2) is 8.13. The summed E-state index contributed by atoms with van der Waals surface area (Å²) in [5.41, 5.74) is 5.21. The predicted octanol–water partition coefficient (Wildman–Crippen LogP) is 5.71. The first-order chi connectivity index (χ1) is 10.6. The molecule has 0 atom stereocenters. The Bertz CT molecular complexity index is 577. The zero-order valence-corrected chi connectivity index (χ0v) is 13.8. The maximum absolute atomic E-state index is 9.75. The number of hydrogen-bond acceptors (Lipinski definition) is 0. The minimum Gasteiger partial charge on any atom is -0.418 e. The Labute approximate surface area is 134 Å². The molecule has 6 heteroatoms. The molecular weight excluding hydrogens is 305 g/mol. The van der Waals surface area contributed by atoms with Crippen LogP contribution in [0.5, 0.6) is 0 Å². The van der Waals surface area contributed by atoms with Crippen molar-refractivity contribution in [1.82, 2.24) is 0 Å². The molecule has 0 bridgehead atoms. The topological polar surface area (TPSA) is 14.1 Å². The van der Waals surface area contributed by atoms with Crippen molar-refractivity contribution in [2.24, 2.45) is 0 Å². The average Bonchev–Trinajstić information content (AvgIpc) is 2.46. The summed E-state index contributed by atoms with van der Waals surface area (Å²) in [4.78, 5) is 3.55. The Hall–Kier alpha value is -1.85. The van der Waals surface area contributed by atoms with Crippen molar-refractivity contribution in [3.8, 4) is 11.1 Å². The van der Waals surface area contributed by atoms with Gasteiger partial charge in [0.25, 0.3) is 0 Å². The van der Waals surface area contributed by atoms with Gasteiger partial charge in [0.2, 0.25) is 0 Å². The van der Waals surface area contributed by atoms with Crippen LogP contribution in [-0.2, 0) is 0 Å². The lowest BCUT2D eigenvalue weighted by atomic mass is 9.98. The molecular formula is C17H22BF4N. The third kappa shape index (κ3) is 7.31. The molecule has 0 spiro atoms. The summed E-state index contributed by atoms with van der Waals surface area (Å²) in [6.45, 7) is 8.91. The number of rotatable bonds is 3. The van der Waals surface area contributed by atoms with Gasteiger partial charge < -0.3 is 17.3 Å². The number of benzene rings is 1. The Morgan fingerprint density at radius 3 is 1.48 bits per heavy atom. The molecule has 126 valence electrons. The fraction of sp³-hybridized carbons (Fsp3) is 0.353. The summed E-state index contributed by atoms with van der Waals surface area (Å²) in [5, 5.41) is 0. The normalized spacial score (nSPS) is 11.4. The largest absolute Gasteiger partial charge is 0.673 e. The molecule has 1 heterocycles. The molecule has 23 heavy (non-hydrogen) atoms. The molecule has 0 radical (unpaired) electrons. The number of H-pyrrole nitrogens is 1. The molecule has 0 unspecified atom stereocenters. The summed E-state index contributed by atoms with van der Waals surface area (Å²) in [7, 11) is -6.00. The smallest absolute Gasteiger partial charge is 0.418 e. The van der Waals surface area contributed by atoms with E-state index >= 15 is 0 Å². The molecule has 0 aliphatic carbocycles. The number of aromatic nitrogens is 1. The number of nitrogens with one attached hydrogen (secondary N) is 1. The van der Waals surface area contributed by atoms with E-state index in [9.17, 15) is 17.3 Å². The fourth-order valence-electron chi connectivity index (χ4n) is 2.03. The third-order valence-corrected chi connectivity index (χ3v) is 3.26. The lowest BCUT2D eigenvalue weighted by Gasteiger charge is -2.08. The van der Waals surface area contributed by atoms with E-state index in [4.69, 9.17) is 0 Å². The van der Waals surface area contributed by atoms with Crippen LogP contribution < -0.4 is 4.98 Å². The fourth-order valence-corrected chi connectivity index (χ4v) is 2.03. The Morgan fingerprint density at radius 1 is 0.739 bits per heavy atom. The van der Waals surface area contributed by atoms with Crippen molar-refractivity contribution in [3.63, 3.8) is 0 Å². The zero-order valence-electron chi connectivity index (χ0n) is 13.8. The molecule has 0 aliphatic heterocycles. The molecule has 1 aromatic heterocycles. The van der Waals surface area contributed by atoms with Crippen LogP contribution in [0.2, 0.25) is 0 Å². The summed E-state index contributed by atoms with van der Waals surface area (Å²) < 4.78 is 39.0. The quantitative estimate of drug-likeness (QED) is 0.506. The van der Waals surface area contributed by atoms with Gasteiger partial charge in [-0.3, -0.25) is 0 Å². The summed E-state index contributed by atoms with van der Waals surface area (Å²) in [6.07, 6.45) is 0. The Balaban J connectivity index is 0.000000463. The van der Waals surface area contributed by atoms with Crippen LogP contribution in [0.15, 0.2) is 42.5 Å². The van der Waals surface area contributed by atoms with E-state index in [0.29, 0.717) is 11.8 Å².